The summed E-state index contributed by atoms with van der Waals surface area (Å²) in [5.74, 6) is 1.19. The fourth-order valence-corrected chi connectivity index (χ4v) is 3.57. The molecule has 1 atom stereocenters. The molecule has 0 bridgehead atoms. The van der Waals surface area contributed by atoms with Crippen molar-refractivity contribution in [3.8, 4) is 11.6 Å². The molecule has 1 fully saturated rings. The van der Waals surface area contributed by atoms with Crippen LogP contribution in [0.15, 0.2) is 59.7 Å². The Hall–Kier alpha value is -3.62. The molecule has 3 heterocycles. The summed E-state index contributed by atoms with van der Waals surface area (Å²) in [7, 11) is 1.64. The molecule has 1 aliphatic rings. The van der Waals surface area contributed by atoms with Gasteiger partial charge in [0.1, 0.15) is 11.8 Å². The summed E-state index contributed by atoms with van der Waals surface area (Å²) in [6.07, 6.45) is 3.37. The summed E-state index contributed by atoms with van der Waals surface area (Å²) in [6.45, 7) is 4.33. The first-order chi connectivity index (χ1) is 14.6. The molecule has 9 heteroatoms. The van der Waals surface area contributed by atoms with Crippen molar-refractivity contribution in [2.24, 2.45) is 0 Å². The summed E-state index contributed by atoms with van der Waals surface area (Å²) >= 11 is 0. The fourth-order valence-electron chi connectivity index (χ4n) is 3.57. The van der Waals surface area contributed by atoms with Crippen LogP contribution in [0.5, 0.6) is 5.75 Å². The molecule has 156 valence electrons. The number of carbonyl (C=O) groups is 1. The first kappa shape index (κ1) is 19.7. The molecule has 0 saturated carbocycles. The highest BCUT2D eigenvalue weighted by Gasteiger charge is 2.27. The van der Waals surface area contributed by atoms with Gasteiger partial charge in [-0.25, -0.2) is 9.36 Å². The van der Waals surface area contributed by atoms with Crippen molar-refractivity contribution < 1.29 is 9.53 Å². The van der Waals surface area contributed by atoms with Crippen molar-refractivity contribution in [1.82, 2.24) is 24.5 Å². The lowest BCUT2D eigenvalue weighted by molar-refractivity contribution is -0.135. The minimum atomic E-state index is -0.694. The molecule has 3 aromatic rings. The lowest BCUT2D eigenvalue weighted by Gasteiger charge is -2.37. The third-order valence-electron chi connectivity index (χ3n) is 5.30. The maximum atomic E-state index is 13.0. The van der Waals surface area contributed by atoms with E-state index in [4.69, 9.17) is 4.74 Å². The number of benzene rings is 1. The summed E-state index contributed by atoms with van der Waals surface area (Å²) < 4.78 is 7.99. The number of methoxy groups -OCH3 is 1. The number of ether oxygens (including phenoxy) is 1. The SMILES string of the molecule is COc1ccc(N2CCN(C(=O)C(C)n3nc(-n4cccn4)ccc3=O)CC2)cc1. The molecule has 4 rings (SSSR count). The molecule has 9 nitrogen and oxygen atoms in total. The summed E-state index contributed by atoms with van der Waals surface area (Å²) in [6, 6.07) is 12.0. The summed E-state index contributed by atoms with van der Waals surface area (Å²) in [5.41, 5.74) is 0.782. The van der Waals surface area contributed by atoms with Crippen LogP contribution in [-0.4, -0.2) is 63.7 Å². The van der Waals surface area contributed by atoms with E-state index in [2.05, 4.69) is 15.1 Å². The first-order valence-electron chi connectivity index (χ1n) is 9.84. The average Bonchev–Trinajstić information content (AvgIpc) is 3.34. The molecule has 1 saturated heterocycles. The minimum absolute atomic E-state index is 0.114. The predicted molar refractivity (Wildman–Crippen MR) is 112 cm³/mol. The van der Waals surface area contributed by atoms with Gasteiger partial charge in [0.05, 0.1) is 7.11 Å². The fraction of sp³-hybridized carbons (Fsp3) is 0.333. The number of nitrogens with zero attached hydrogens (tertiary/aromatic N) is 6. The van der Waals surface area contributed by atoms with E-state index in [1.165, 1.54) is 10.7 Å². The van der Waals surface area contributed by atoms with Gasteiger partial charge in [-0.3, -0.25) is 9.59 Å². The number of hydrogen-bond donors (Lipinski definition) is 0. The van der Waals surface area contributed by atoms with Crippen molar-refractivity contribution >= 4 is 11.6 Å². The molecule has 0 spiro atoms. The zero-order chi connectivity index (χ0) is 21.1. The number of hydrogen-bond acceptors (Lipinski definition) is 6. The Bertz CT molecular complexity index is 1050. The van der Waals surface area contributed by atoms with Crippen LogP contribution in [0.2, 0.25) is 0 Å². The van der Waals surface area contributed by atoms with E-state index in [1.54, 1.807) is 48.1 Å². The van der Waals surface area contributed by atoms with Crippen LogP contribution in [0.4, 0.5) is 5.69 Å². The van der Waals surface area contributed by atoms with Crippen LogP contribution in [-0.2, 0) is 4.79 Å². The predicted octanol–water partition coefficient (Wildman–Crippen LogP) is 1.35. The molecule has 0 N–H and O–H groups in total. The zero-order valence-corrected chi connectivity index (χ0v) is 17.0. The Kier molecular flexibility index (Phi) is 5.51. The average molecular weight is 408 g/mol. The molecule has 0 radical (unpaired) electrons. The molecular weight excluding hydrogens is 384 g/mol. The van der Waals surface area contributed by atoms with Gasteiger partial charge in [-0.15, -0.1) is 5.10 Å². The highest BCUT2D eigenvalue weighted by molar-refractivity contribution is 5.80. The van der Waals surface area contributed by atoms with Crippen LogP contribution in [0.25, 0.3) is 5.82 Å². The van der Waals surface area contributed by atoms with Gasteiger partial charge in [0.2, 0.25) is 5.91 Å². The van der Waals surface area contributed by atoms with Crippen molar-refractivity contribution in [2.45, 2.75) is 13.0 Å². The smallest absolute Gasteiger partial charge is 0.267 e. The van der Waals surface area contributed by atoms with Gasteiger partial charge in [0, 0.05) is 50.3 Å². The zero-order valence-electron chi connectivity index (χ0n) is 17.0. The van der Waals surface area contributed by atoms with Crippen molar-refractivity contribution in [3.63, 3.8) is 0 Å². The van der Waals surface area contributed by atoms with E-state index in [0.29, 0.717) is 18.9 Å². The Morgan fingerprint density at radius 2 is 1.80 bits per heavy atom. The van der Waals surface area contributed by atoms with E-state index in [1.807, 2.05) is 24.3 Å². The van der Waals surface area contributed by atoms with Gasteiger partial charge in [-0.2, -0.15) is 5.10 Å². The standard InChI is InChI=1S/C21H24N6O3/c1-16(27-20(28)9-8-19(23-27)26-11-3-10-22-26)21(29)25-14-12-24(13-15-25)17-4-6-18(30-2)7-5-17/h3-11,16H,12-15H2,1-2H3. The molecule has 1 amide bonds. The quantitative estimate of drug-likeness (QED) is 0.634. The number of amides is 1. The van der Waals surface area contributed by atoms with Crippen LogP contribution >= 0.6 is 0 Å². The van der Waals surface area contributed by atoms with Gasteiger partial charge in [-0.1, -0.05) is 0 Å². The molecule has 2 aromatic heterocycles. The number of anilines is 1. The van der Waals surface area contributed by atoms with E-state index >= 15 is 0 Å². The van der Waals surface area contributed by atoms with Gasteiger partial charge < -0.3 is 14.5 Å². The number of carbonyl (C=O) groups excluding carboxylic acids is 1. The lowest BCUT2D eigenvalue weighted by Crippen LogP contribution is -2.51. The van der Waals surface area contributed by atoms with E-state index in [0.717, 1.165) is 24.5 Å². The Morgan fingerprint density at radius 1 is 1.07 bits per heavy atom. The van der Waals surface area contributed by atoms with Crippen LogP contribution in [0.1, 0.15) is 13.0 Å². The second kappa shape index (κ2) is 8.40. The van der Waals surface area contributed by atoms with Crippen LogP contribution in [0.3, 0.4) is 0 Å². The Labute approximate surface area is 174 Å². The second-order valence-corrected chi connectivity index (χ2v) is 7.11. The monoisotopic (exact) mass is 408 g/mol. The van der Waals surface area contributed by atoms with Gasteiger partial charge in [-0.05, 0) is 43.3 Å². The number of piperazine rings is 1. The number of aromatic nitrogens is 4. The van der Waals surface area contributed by atoms with Gasteiger partial charge in [0.15, 0.2) is 5.82 Å². The summed E-state index contributed by atoms with van der Waals surface area (Å²) in [5, 5.41) is 8.47. The maximum absolute atomic E-state index is 13.0. The first-order valence-corrected chi connectivity index (χ1v) is 9.84. The lowest BCUT2D eigenvalue weighted by atomic mass is 10.2. The largest absolute Gasteiger partial charge is 0.497 e. The third kappa shape index (κ3) is 3.91. The van der Waals surface area contributed by atoms with Gasteiger partial charge >= 0.3 is 0 Å². The highest BCUT2D eigenvalue weighted by atomic mass is 16.5. The molecule has 0 aliphatic carbocycles. The molecule has 1 unspecified atom stereocenters. The van der Waals surface area contributed by atoms with Crippen LogP contribution in [0, 0.1) is 0 Å². The van der Waals surface area contributed by atoms with Crippen molar-refractivity contribution in [2.75, 3.05) is 38.2 Å². The highest BCUT2D eigenvalue weighted by Crippen LogP contribution is 2.21. The Balaban J connectivity index is 1.44. The summed E-state index contributed by atoms with van der Waals surface area (Å²) in [4.78, 5) is 29.4. The third-order valence-corrected chi connectivity index (χ3v) is 5.30. The van der Waals surface area contributed by atoms with E-state index in [9.17, 15) is 9.59 Å². The molecule has 1 aromatic carbocycles. The normalized spacial score (nSPS) is 15.1. The minimum Gasteiger partial charge on any atom is -0.497 e. The molecule has 1 aliphatic heterocycles. The topological polar surface area (TPSA) is 85.5 Å². The van der Waals surface area contributed by atoms with Crippen molar-refractivity contribution in [3.05, 3.63) is 65.2 Å². The van der Waals surface area contributed by atoms with Crippen LogP contribution < -0.4 is 15.2 Å². The van der Waals surface area contributed by atoms with Crippen molar-refractivity contribution in [1.29, 1.82) is 0 Å². The maximum Gasteiger partial charge on any atom is 0.267 e. The van der Waals surface area contributed by atoms with Gasteiger partial charge in [0.25, 0.3) is 5.56 Å². The second-order valence-electron chi connectivity index (χ2n) is 7.11. The van der Waals surface area contributed by atoms with E-state index in [-0.39, 0.29) is 11.5 Å². The number of rotatable bonds is 5. The molecule has 30 heavy (non-hydrogen) atoms. The van der Waals surface area contributed by atoms with E-state index < -0.39 is 6.04 Å². The Morgan fingerprint density at radius 3 is 2.43 bits per heavy atom. The molecular formula is C21H24N6O3.